The zero-order chi connectivity index (χ0) is 14.5. The number of halogens is 2. The minimum atomic E-state index is -0.292. The number of carbonyl (C=O) groups excluding carboxylic acids is 1. The van der Waals surface area contributed by atoms with E-state index < -0.39 is 0 Å². The van der Waals surface area contributed by atoms with Crippen molar-refractivity contribution in [2.75, 3.05) is 0 Å². The highest BCUT2D eigenvalue weighted by Crippen LogP contribution is 2.37. The quantitative estimate of drug-likeness (QED) is 0.820. The molecule has 0 aliphatic carbocycles. The molecule has 1 aromatic carbocycles. The second-order valence-corrected chi connectivity index (χ2v) is 6.48. The van der Waals surface area contributed by atoms with Gasteiger partial charge in [-0.2, -0.15) is 0 Å². The number of fused-ring (bicyclic) bond motifs is 1. The molecule has 0 fully saturated rings. The fraction of sp³-hybridized carbons (Fsp3) is 0.267. The Morgan fingerprint density at radius 2 is 1.85 bits per heavy atom. The van der Waals surface area contributed by atoms with Crippen molar-refractivity contribution >= 4 is 21.8 Å². The standard InChI is InChI=1S/C15H14BrFN2O/c1-15(2)7-10-12(14(20)19-15)11(13(16)18-10)8-3-5-9(17)6-4-8/h3-6,18H,7H2,1-2H3,(H,19,20). The maximum atomic E-state index is 13.0. The second-order valence-electron chi connectivity index (χ2n) is 5.69. The van der Waals surface area contributed by atoms with E-state index in [2.05, 4.69) is 26.2 Å². The molecule has 2 aromatic rings. The molecule has 1 aliphatic rings. The van der Waals surface area contributed by atoms with Gasteiger partial charge in [-0.05, 0) is 47.5 Å². The minimum Gasteiger partial charge on any atom is -0.352 e. The van der Waals surface area contributed by atoms with E-state index >= 15 is 0 Å². The van der Waals surface area contributed by atoms with Crippen LogP contribution in [0.4, 0.5) is 4.39 Å². The summed E-state index contributed by atoms with van der Waals surface area (Å²) in [5, 5.41) is 2.99. The Labute approximate surface area is 124 Å². The predicted molar refractivity (Wildman–Crippen MR) is 79.1 cm³/mol. The highest BCUT2D eigenvalue weighted by atomic mass is 79.9. The zero-order valence-corrected chi connectivity index (χ0v) is 12.8. The lowest BCUT2D eigenvalue weighted by molar-refractivity contribution is 0.0897. The van der Waals surface area contributed by atoms with Crippen molar-refractivity contribution in [1.29, 1.82) is 0 Å². The molecule has 1 amide bonds. The molecular formula is C15H14BrFN2O. The number of aromatic amines is 1. The van der Waals surface area contributed by atoms with Crippen molar-refractivity contribution < 1.29 is 9.18 Å². The molecule has 1 aliphatic heterocycles. The number of amides is 1. The van der Waals surface area contributed by atoms with E-state index in [1.54, 1.807) is 12.1 Å². The molecule has 3 rings (SSSR count). The normalized spacial score (nSPS) is 16.7. The Kier molecular flexibility index (Phi) is 2.97. The molecule has 0 saturated carbocycles. The number of aromatic nitrogens is 1. The molecule has 1 aromatic heterocycles. The third-order valence-electron chi connectivity index (χ3n) is 3.46. The molecule has 104 valence electrons. The lowest BCUT2D eigenvalue weighted by Crippen LogP contribution is -2.49. The summed E-state index contributed by atoms with van der Waals surface area (Å²) in [6.07, 6.45) is 0.730. The highest BCUT2D eigenvalue weighted by molar-refractivity contribution is 9.10. The number of nitrogens with one attached hydrogen (secondary N) is 2. The predicted octanol–water partition coefficient (Wildman–Crippen LogP) is 3.65. The van der Waals surface area contributed by atoms with Gasteiger partial charge in [-0.3, -0.25) is 4.79 Å². The fourth-order valence-corrected chi connectivity index (χ4v) is 3.31. The van der Waals surface area contributed by atoms with Crippen molar-refractivity contribution in [2.24, 2.45) is 0 Å². The summed E-state index contributed by atoms with van der Waals surface area (Å²) in [7, 11) is 0. The molecule has 0 spiro atoms. The average molecular weight is 337 g/mol. The molecular weight excluding hydrogens is 323 g/mol. The molecule has 3 nitrogen and oxygen atoms in total. The number of carbonyl (C=O) groups is 1. The van der Waals surface area contributed by atoms with Gasteiger partial charge < -0.3 is 10.3 Å². The van der Waals surface area contributed by atoms with E-state index in [4.69, 9.17) is 0 Å². The summed E-state index contributed by atoms with van der Waals surface area (Å²) in [5.41, 5.74) is 2.88. The Hall–Kier alpha value is -1.62. The van der Waals surface area contributed by atoms with Crippen molar-refractivity contribution in [2.45, 2.75) is 25.8 Å². The third kappa shape index (κ3) is 2.16. The van der Waals surface area contributed by atoms with Crippen LogP contribution in [0.25, 0.3) is 11.1 Å². The van der Waals surface area contributed by atoms with Gasteiger partial charge in [-0.25, -0.2) is 4.39 Å². The van der Waals surface area contributed by atoms with Crippen LogP contribution < -0.4 is 5.32 Å². The summed E-state index contributed by atoms with van der Waals surface area (Å²) < 4.78 is 13.8. The van der Waals surface area contributed by atoms with Gasteiger partial charge >= 0.3 is 0 Å². The highest BCUT2D eigenvalue weighted by Gasteiger charge is 2.34. The van der Waals surface area contributed by atoms with Gasteiger partial charge in [0.15, 0.2) is 0 Å². The summed E-state index contributed by atoms with van der Waals surface area (Å²) in [5.74, 6) is -0.391. The molecule has 0 unspecified atom stereocenters. The number of benzene rings is 1. The largest absolute Gasteiger partial charge is 0.352 e. The van der Waals surface area contributed by atoms with Crippen molar-refractivity contribution in [3.8, 4) is 11.1 Å². The lowest BCUT2D eigenvalue weighted by Gasteiger charge is -2.30. The second kappa shape index (κ2) is 4.45. The van der Waals surface area contributed by atoms with E-state index in [-0.39, 0.29) is 17.3 Å². The van der Waals surface area contributed by atoms with Crippen LogP contribution in [0, 0.1) is 5.82 Å². The number of rotatable bonds is 1. The SMILES string of the molecule is CC1(C)Cc2[nH]c(Br)c(-c3ccc(F)cc3)c2C(=O)N1. The van der Waals surface area contributed by atoms with Crippen LogP contribution in [0.15, 0.2) is 28.9 Å². The molecule has 20 heavy (non-hydrogen) atoms. The van der Waals surface area contributed by atoms with Crippen LogP contribution in [0.1, 0.15) is 29.9 Å². The number of hydrogen-bond donors (Lipinski definition) is 2. The molecule has 0 radical (unpaired) electrons. The maximum absolute atomic E-state index is 13.0. The summed E-state index contributed by atoms with van der Waals surface area (Å²) in [6.45, 7) is 3.97. The van der Waals surface area contributed by atoms with E-state index in [0.717, 1.165) is 27.8 Å². The summed E-state index contributed by atoms with van der Waals surface area (Å²) in [4.78, 5) is 15.6. The van der Waals surface area contributed by atoms with E-state index in [1.807, 2.05) is 13.8 Å². The Balaban J connectivity index is 2.17. The van der Waals surface area contributed by atoms with Crippen LogP contribution in [0.5, 0.6) is 0 Å². The van der Waals surface area contributed by atoms with E-state index in [1.165, 1.54) is 12.1 Å². The molecule has 2 heterocycles. The monoisotopic (exact) mass is 336 g/mol. The first kappa shape index (κ1) is 13.4. The molecule has 0 atom stereocenters. The van der Waals surface area contributed by atoms with Gasteiger partial charge in [-0.15, -0.1) is 0 Å². The van der Waals surface area contributed by atoms with Gasteiger partial charge in [0.25, 0.3) is 5.91 Å². The van der Waals surface area contributed by atoms with Gasteiger partial charge in [0, 0.05) is 23.2 Å². The topological polar surface area (TPSA) is 44.9 Å². The maximum Gasteiger partial charge on any atom is 0.254 e. The summed E-state index contributed by atoms with van der Waals surface area (Å²) in [6, 6.07) is 6.14. The smallest absolute Gasteiger partial charge is 0.254 e. The summed E-state index contributed by atoms with van der Waals surface area (Å²) >= 11 is 3.47. The number of hydrogen-bond acceptors (Lipinski definition) is 1. The Morgan fingerprint density at radius 1 is 1.20 bits per heavy atom. The average Bonchev–Trinajstić information content (AvgIpc) is 2.65. The first-order valence-electron chi connectivity index (χ1n) is 6.36. The fourth-order valence-electron chi connectivity index (χ4n) is 2.64. The Bertz CT molecular complexity index is 689. The lowest BCUT2D eigenvalue weighted by atomic mass is 9.89. The van der Waals surface area contributed by atoms with Crippen molar-refractivity contribution in [1.82, 2.24) is 10.3 Å². The van der Waals surface area contributed by atoms with Crippen LogP contribution >= 0.6 is 15.9 Å². The van der Waals surface area contributed by atoms with Crippen molar-refractivity contribution in [3.63, 3.8) is 0 Å². The van der Waals surface area contributed by atoms with Crippen LogP contribution in [-0.2, 0) is 6.42 Å². The minimum absolute atomic E-state index is 0.0995. The van der Waals surface area contributed by atoms with Gasteiger partial charge in [0.2, 0.25) is 0 Å². The van der Waals surface area contributed by atoms with Gasteiger partial charge in [-0.1, -0.05) is 12.1 Å². The van der Waals surface area contributed by atoms with Gasteiger partial charge in [0.05, 0.1) is 10.2 Å². The van der Waals surface area contributed by atoms with E-state index in [0.29, 0.717) is 5.56 Å². The van der Waals surface area contributed by atoms with E-state index in [9.17, 15) is 9.18 Å². The molecule has 2 N–H and O–H groups in total. The van der Waals surface area contributed by atoms with Crippen LogP contribution in [0.3, 0.4) is 0 Å². The Morgan fingerprint density at radius 3 is 2.50 bits per heavy atom. The van der Waals surface area contributed by atoms with Crippen LogP contribution in [-0.4, -0.2) is 16.4 Å². The first-order valence-corrected chi connectivity index (χ1v) is 7.15. The van der Waals surface area contributed by atoms with Crippen molar-refractivity contribution in [3.05, 3.63) is 45.9 Å². The third-order valence-corrected chi connectivity index (χ3v) is 4.06. The number of H-pyrrole nitrogens is 1. The molecule has 0 bridgehead atoms. The zero-order valence-electron chi connectivity index (χ0n) is 11.2. The first-order chi connectivity index (χ1) is 9.37. The molecule has 5 heteroatoms. The molecule has 0 saturated heterocycles. The van der Waals surface area contributed by atoms with Crippen LogP contribution in [0.2, 0.25) is 0 Å². The van der Waals surface area contributed by atoms with Gasteiger partial charge in [0.1, 0.15) is 5.82 Å².